The van der Waals surface area contributed by atoms with Gasteiger partial charge in [-0.05, 0) is 61.4 Å². The molecule has 0 amide bonds. The van der Waals surface area contributed by atoms with Gasteiger partial charge in [0.05, 0.1) is 27.8 Å². The molecule has 0 radical (unpaired) electrons. The molecule has 130 valence electrons. The Bertz CT molecular complexity index is 1110. The molecule has 1 aliphatic carbocycles. The molecule has 0 spiro atoms. The summed E-state index contributed by atoms with van der Waals surface area (Å²) in [6.45, 7) is 0. The molecular formula is C22H22N4. The third-order valence-electron chi connectivity index (χ3n) is 5.57. The van der Waals surface area contributed by atoms with Gasteiger partial charge in [-0.1, -0.05) is 18.2 Å². The summed E-state index contributed by atoms with van der Waals surface area (Å²) in [5.41, 5.74) is 8.37. The second-order valence-corrected chi connectivity index (χ2v) is 7.22. The highest BCUT2D eigenvalue weighted by Gasteiger charge is 2.17. The molecule has 5 rings (SSSR count). The molecule has 0 unspecified atom stereocenters. The van der Waals surface area contributed by atoms with Gasteiger partial charge in [0.1, 0.15) is 5.82 Å². The van der Waals surface area contributed by atoms with Crippen molar-refractivity contribution in [2.45, 2.75) is 38.5 Å². The fraction of sp³-hybridized carbons (Fsp3) is 0.318. The van der Waals surface area contributed by atoms with E-state index in [-0.39, 0.29) is 0 Å². The minimum absolute atomic E-state index is 0.858. The van der Waals surface area contributed by atoms with Crippen LogP contribution >= 0.6 is 0 Å². The second-order valence-electron chi connectivity index (χ2n) is 7.22. The minimum Gasteiger partial charge on any atom is -0.331 e. The van der Waals surface area contributed by atoms with Crippen molar-refractivity contribution >= 4 is 22.1 Å². The SMILES string of the molecule is Cn1c(CCc2cnc3ccccc3n2)nc2c3c(ccc21)CCCC3. The molecule has 4 heteroatoms. The average Bonchev–Trinajstić information content (AvgIpc) is 3.02. The summed E-state index contributed by atoms with van der Waals surface area (Å²) in [5.74, 6) is 1.13. The molecule has 1 aliphatic rings. The Morgan fingerprint density at radius 3 is 2.69 bits per heavy atom. The van der Waals surface area contributed by atoms with E-state index in [4.69, 9.17) is 9.97 Å². The van der Waals surface area contributed by atoms with Crippen LogP contribution in [0.4, 0.5) is 0 Å². The number of aryl methyl sites for hydroxylation is 5. The van der Waals surface area contributed by atoms with E-state index in [1.807, 2.05) is 30.5 Å². The first-order valence-electron chi connectivity index (χ1n) is 9.46. The number of nitrogens with zero attached hydrogens (tertiary/aromatic N) is 4. The Morgan fingerprint density at radius 2 is 1.77 bits per heavy atom. The van der Waals surface area contributed by atoms with Crippen molar-refractivity contribution in [3.63, 3.8) is 0 Å². The maximum absolute atomic E-state index is 5.02. The van der Waals surface area contributed by atoms with Crippen LogP contribution < -0.4 is 0 Å². The van der Waals surface area contributed by atoms with Crippen LogP contribution in [0.3, 0.4) is 0 Å². The molecule has 0 fully saturated rings. The number of aromatic nitrogens is 4. The van der Waals surface area contributed by atoms with E-state index in [1.54, 1.807) is 0 Å². The summed E-state index contributed by atoms with van der Waals surface area (Å²) < 4.78 is 2.25. The van der Waals surface area contributed by atoms with Gasteiger partial charge in [-0.25, -0.2) is 9.97 Å². The zero-order chi connectivity index (χ0) is 17.5. The van der Waals surface area contributed by atoms with E-state index in [0.29, 0.717) is 0 Å². The van der Waals surface area contributed by atoms with Crippen molar-refractivity contribution < 1.29 is 0 Å². The number of benzene rings is 2. The Balaban J connectivity index is 1.46. The van der Waals surface area contributed by atoms with Crippen molar-refractivity contribution in [2.24, 2.45) is 7.05 Å². The molecule has 0 aliphatic heterocycles. The lowest BCUT2D eigenvalue weighted by Crippen LogP contribution is -2.03. The first-order valence-corrected chi connectivity index (χ1v) is 9.46. The summed E-state index contributed by atoms with van der Waals surface area (Å²) in [4.78, 5) is 14.3. The van der Waals surface area contributed by atoms with E-state index in [2.05, 4.69) is 28.7 Å². The fourth-order valence-corrected chi connectivity index (χ4v) is 4.11. The standard InChI is InChI=1S/C22H22N4/c1-26-20-12-10-15-6-2-3-7-17(15)22(20)25-21(26)13-11-16-14-23-18-8-4-5-9-19(18)24-16/h4-5,8-10,12,14H,2-3,6-7,11,13H2,1H3. The van der Waals surface area contributed by atoms with Gasteiger partial charge in [-0.15, -0.1) is 0 Å². The smallest absolute Gasteiger partial charge is 0.109 e. The topological polar surface area (TPSA) is 43.6 Å². The van der Waals surface area contributed by atoms with Crippen LogP contribution in [-0.4, -0.2) is 19.5 Å². The summed E-state index contributed by atoms with van der Waals surface area (Å²) in [5, 5.41) is 0. The zero-order valence-corrected chi connectivity index (χ0v) is 15.1. The molecule has 0 atom stereocenters. The molecule has 26 heavy (non-hydrogen) atoms. The van der Waals surface area contributed by atoms with Crippen LogP contribution in [0.25, 0.3) is 22.1 Å². The Labute approximate surface area is 152 Å². The molecule has 0 N–H and O–H groups in total. The van der Waals surface area contributed by atoms with Crippen molar-refractivity contribution in [1.82, 2.24) is 19.5 Å². The summed E-state index contributed by atoms with van der Waals surface area (Å²) in [7, 11) is 2.13. The first kappa shape index (κ1) is 15.5. The number of fused-ring (bicyclic) bond motifs is 4. The average molecular weight is 342 g/mol. The van der Waals surface area contributed by atoms with E-state index < -0.39 is 0 Å². The van der Waals surface area contributed by atoms with Gasteiger partial charge in [0.2, 0.25) is 0 Å². The molecule has 2 heterocycles. The fourth-order valence-electron chi connectivity index (χ4n) is 4.11. The highest BCUT2D eigenvalue weighted by Crippen LogP contribution is 2.29. The number of imidazole rings is 1. The molecule has 0 saturated carbocycles. The third-order valence-corrected chi connectivity index (χ3v) is 5.57. The van der Waals surface area contributed by atoms with Crippen LogP contribution in [0.5, 0.6) is 0 Å². The predicted octanol–water partition coefficient (Wildman–Crippen LogP) is 4.18. The van der Waals surface area contributed by atoms with E-state index >= 15 is 0 Å². The van der Waals surface area contributed by atoms with Gasteiger partial charge >= 0.3 is 0 Å². The third kappa shape index (κ3) is 2.57. The highest BCUT2D eigenvalue weighted by atomic mass is 15.1. The predicted molar refractivity (Wildman–Crippen MR) is 104 cm³/mol. The van der Waals surface area contributed by atoms with Gasteiger partial charge in [0, 0.05) is 19.7 Å². The first-order chi connectivity index (χ1) is 12.8. The van der Waals surface area contributed by atoms with E-state index in [0.717, 1.165) is 35.4 Å². The second kappa shape index (κ2) is 6.20. The summed E-state index contributed by atoms with van der Waals surface area (Å²) in [6.07, 6.45) is 8.59. The summed E-state index contributed by atoms with van der Waals surface area (Å²) >= 11 is 0. The lowest BCUT2D eigenvalue weighted by Gasteiger charge is -2.15. The number of rotatable bonds is 3. The molecule has 2 aromatic carbocycles. The monoisotopic (exact) mass is 342 g/mol. The molecule has 4 aromatic rings. The van der Waals surface area contributed by atoms with Crippen molar-refractivity contribution in [3.05, 3.63) is 65.2 Å². The van der Waals surface area contributed by atoms with Crippen molar-refractivity contribution in [3.8, 4) is 0 Å². The van der Waals surface area contributed by atoms with Crippen molar-refractivity contribution in [1.29, 1.82) is 0 Å². The van der Waals surface area contributed by atoms with Gasteiger partial charge in [0.25, 0.3) is 0 Å². The number of hydrogen-bond acceptors (Lipinski definition) is 3. The Morgan fingerprint density at radius 1 is 0.923 bits per heavy atom. The molecule has 0 bridgehead atoms. The zero-order valence-electron chi connectivity index (χ0n) is 15.1. The quantitative estimate of drug-likeness (QED) is 0.561. The van der Waals surface area contributed by atoms with Crippen LogP contribution in [0.1, 0.15) is 35.5 Å². The maximum atomic E-state index is 5.02. The van der Waals surface area contributed by atoms with E-state index in [1.165, 1.54) is 47.8 Å². The molecule has 0 saturated heterocycles. The van der Waals surface area contributed by atoms with Crippen LogP contribution in [0.2, 0.25) is 0 Å². The van der Waals surface area contributed by atoms with E-state index in [9.17, 15) is 0 Å². The van der Waals surface area contributed by atoms with Crippen LogP contribution in [0, 0.1) is 0 Å². The maximum Gasteiger partial charge on any atom is 0.109 e. The van der Waals surface area contributed by atoms with Gasteiger partial charge in [0.15, 0.2) is 0 Å². The summed E-state index contributed by atoms with van der Waals surface area (Å²) in [6, 6.07) is 12.6. The van der Waals surface area contributed by atoms with Gasteiger partial charge < -0.3 is 4.57 Å². The van der Waals surface area contributed by atoms with Crippen LogP contribution in [0.15, 0.2) is 42.6 Å². The largest absolute Gasteiger partial charge is 0.331 e. The number of hydrogen-bond donors (Lipinski definition) is 0. The Hall–Kier alpha value is -2.75. The minimum atomic E-state index is 0.858. The molecule has 2 aromatic heterocycles. The van der Waals surface area contributed by atoms with Crippen LogP contribution in [-0.2, 0) is 32.7 Å². The number of para-hydroxylation sites is 2. The lowest BCUT2D eigenvalue weighted by molar-refractivity contribution is 0.689. The highest BCUT2D eigenvalue weighted by molar-refractivity contribution is 5.81. The van der Waals surface area contributed by atoms with Gasteiger partial charge in [-0.3, -0.25) is 4.98 Å². The lowest BCUT2D eigenvalue weighted by atomic mass is 9.91. The molecular weight excluding hydrogens is 320 g/mol. The Kier molecular flexibility index (Phi) is 3.70. The van der Waals surface area contributed by atoms with Crippen molar-refractivity contribution in [2.75, 3.05) is 0 Å². The molecule has 4 nitrogen and oxygen atoms in total. The normalized spacial score (nSPS) is 14.0. The van der Waals surface area contributed by atoms with Gasteiger partial charge in [-0.2, -0.15) is 0 Å².